The molecule has 0 saturated carbocycles. The van der Waals surface area contributed by atoms with Crippen molar-refractivity contribution >= 4 is 17.5 Å². The van der Waals surface area contributed by atoms with Crippen LogP contribution in [0.3, 0.4) is 0 Å². The fraction of sp³-hybridized carbons (Fsp3) is 0.500. The Morgan fingerprint density at radius 2 is 2.10 bits per heavy atom. The Morgan fingerprint density at radius 1 is 1.30 bits per heavy atom. The molecule has 1 aromatic carbocycles. The number of likely N-dealkylation sites (tertiary alicyclic amines) is 1. The van der Waals surface area contributed by atoms with E-state index in [1.807, 2.05) is 0 Å². The Bertz CT molecular complexity index is 558. The van der Waals surface area contributed by atoms with Crippen molar-refractivity contribution in [1.29, 1.82) is 0 Å². The van der Waals surface area contributed by atoms with Crippen LogP contribution in [0.15, 0.2) is 12.1 Å². The fourth-order valence-electron chi connectivity index (χ4n) is 3.11. The minimum atomic E-state index is -0.771. The first-order valence-corrected chi connectivity index (χ1v) is 7.03. The van der Waals surface area contributed by atoms with Crippen LogP contribution in [0.5, 0.6) is 0 Å². The van der Waals surface area contributed by atoms with E-state index in [1.54, 1.807) is 4.90 Å². The summed E-state index contributed by atoms with van der Waals surface area (Å²) < 4.78 is 27.2. The molecule has 3 rings (SSSR count). The molecule has 3 nitrogen and oxygen atoms in total. The number of rotatable bonds is 1. The van der Waals surface area contributed by atoms with Crippen molar-refractivity contribution in [2.75, 3.05) is 26.2 Å². The first kappa shape index (κ1) is 13.8. The van der Waals surface area contributed by atoms with Crippen LogP contribution in [-0.2, 0) is 0 Å². The molecular weight excluding hydrogens is 286 g/mol. The molecule has 0 aliphatic carbocycles. The van der Waals surface area contributed by atoms with Crippen molar-refractivity contribution in [3.63, 3.8) is 0 Å². The van der Waals surface area contributed by atoms with Crippen LogP contribution in [0.1, 0.15) is 23.2 Å². The van der Waals surface area contributed by atoms with E-state index in [-0.39, 0.29) is 16.0 Å². The highest BCUT2D eigenvalue weighted by atomic mass is 35.5. The third-order valence-corrected chi connectivity index (χ3v) is 4.59. The first-order chi connectivity index (χ1) is 9.51. The summed E-state index contributed by atoms with van der Waals surface area (Å²) in [6.45, 7) is 3.02. The maximum Gasteiger partial charge on any atom is 0.256 e. The summed E-state index contributed by atoms with van der Waals surface area (Å²) in [6, 6.07) is 1.74. The molecule has 2 heterocycles. The molecule has 108 valence electrons. The SMILES string of the molecule is O=C(c1cc(F)c(Cl)cc1F)N1CCC2(CCNC2)C1. The lowest BCUT2D eigenvalue weighted by Crippen LogP contribution is -2.33. The number of hydrogen-bond donors (Lipinski definition) is 1. The molecule has 1 atom stereocenters. The zero-order chi connectivity index (χ0) is 14.3. The predicted molar refractivity (Wildman–Crippen MR) is 71.8 cm³/mol. The average Bonchev–Trinajstić information content (AvgIpc) is 3.04. The van der Waals surface area contributed by atoms with Crippen LogP contribution in [0, 0.1) is 17.0 Å². The summed E-state index contributed by atoms with van der Waals surface area (Å²) >= 11 is 5.50. The van der Waals surface area contributed by atoms with Gasteiger partial charge in [0.25, 0.3) is 5.91 Å². The minimum Gasteiger partial charge on any atom is -0.338 e. The lowest BCUT2D eigenvalue weighted by molar-refractivity contribution is 0.0770. The van der Waals surface area contributed by atoms with Gasteiger partial charge >= 0.3 is 0 Å². The van der Waals surface area contributed by atoms with Crippen LogP contribution in [0.25, 0.3) is 0 Å². The van der Waals surface area contributed by atoms with Gasteiger partial charge in [-0.05, 0) is 31.5 Å². The van der Waals surface area contributed by atoms with Gasteiger partial charge in [0, 0.05) is 25.0 Å². The van der Waals surface area contributed by atoms with Gasteiger partial charge in [0.05, 0.1) is 10.6 Å². The lowest BCUT2D eigenvalue weighted by Gasteiger charge is -2.23. The standard InChI is InChI=1S/C14H15ClF2N2O/c15-10-6-11(16)9(5-12(10)17)13(20)19-4-2-14(8-19)1-3-18-7-14/h5-6,18H,1-4,7-8H2. The zero-order valence-electron chi connectivity index (χ0n) is 10.9. The molecule has 2 aliphatic heterocycles. The van der Waals surface area contributed by atoms with Crippen molar-refractivity contribution in [3.05, 3.63) is 34.4 Å². The number of benzene rings is 1. The molecule has 1 N–H and O–H groups in total. The molecule has 2 aliphatic rings. The van der Waals surface area contributed by atoms with Crippen LogP contribution in [-0.4, -0.2) is 37.0 Å². The maximum atomic E-state index is 13.8. The molecule has 0 aromatic heterocycles. The predicted octanol–water partition coefficient (Wildman–Crippen LogP) is 2.44. The van der Waals surface area contributed by atoms with Gasteiger partial charge in [-0.15, -0.1) is 0 Å². The molecule has 2 saturated heterocycles. The number of nitrogens with zero attached hydrogens (tertiary/aromatic N) is 1. The molecular formula is C14H15ClF2N2O. The lowest BCUT2D eigenvalue weighted by atomic mass is 9.86. The van der Waals surface area contributed by atoms with Gasteiger partial charge in [-0.1, -0.05) is 11.6 Å². The smallest absolute Gasteiger partial charge is 0.256 e. The molecule has 6 heteroatoms. The van der Waals surface area contributed by atoms with Crippen molar-refractivity contribution < 1.29 is 13.6 Å². The van der Waals surface area contributed by atoms with Gasteiger partial charge in [-0.3, -0.25) is 4.79 Å². The van der Waals surface area contributed by atoms with E-state index in [9.17, 15) is 13.6 Å². The Morgan fingerprint density at radius 3 is 2.80 bits per heavy atom. The summed E-state index contributed by atoms with van der Waals surface area (Å²) in [6.07, 6.45) is 1.93. The van der Waals surface area contributed by atoms with Crippen LogP contribution in [0.2, 0.25) is 5.02 Å². The Hall–Kier alpha value is -1.20. The van der Waals surface area contributed by atoms with Crippen LogP contribution < -0.4 is 5.32 Å². The Kier molecular flexibility index (Phi) is 3.42. The van der Waals surface area contributed by atoms with Crippen molar-refractivity contribution in [3.8, 4) is 0 Å². The number of nitrogens with one attached hydrogen (secondary N) is 1. The summed E-state index contributed by atoms with van der Waals surface area (Å²) in [7, 11) is 0. The topological polar surface area (TPSA) is 32.3 Å². The summed E-state index contributed by atoms with van der Waals surface area (Å²) in [4.78, 5) is 13.9. The normalized spacial score (nSPS) is 25.6. The quantitative estimate of drug-likeness (QED) is 0.808. The van der Waals surface area contributed by atoms with E-state index in [1.165, 1.54) is 0 Å². The molecule has 0 radical (unpaired) electrons. The molecule has 1 spiro atoms. The maximum absolute atomic E-state index is 13.8. The fourth-order valence-corrected chi connectivity index (χ4v) is 3.26. The summed E-state index contributed by atoms with van der Waals surface area (Å²) in [5, 5.41) is 2.98. The summed E-state index contributed by atoms with van der Waals surface area (Å²) in [5.74, 6) is -2.00. The van der Waals surface area contributed by atoms with E-state index in [2.05, 4.69) is 5.32 Å². The Labute approximate surface area is 120 Å². The van der Waals surface area contributed by atoms with Crippen molar-refractivity contribution in [2.24, 2.45) is 5.41 Å². The van der Waals surface area contributed by atoms with Gasteiger partial charge in [-0.25, -0.2) is 8.78 Å². The van der Waals surface area contributed by atoms with Crippen LogP contribution in [0.4, 0.5) is 8.78 Å². The monoisotopic (exact) mass is 300 g/mol. The third kappa shape index (κ3) is 2.29. The molecule has 0 bridgehead atoms. The highest BCUT2D eigenvalue weighted by Crippen LogP contribution is 2.36. The molecule has 1 amide bonds. The van der Waals surface area contributed by atoms with E-state index >= 15 is 0 Å². The van der Waals surface area contributed by atoms with Gasteiger partial charge in [-0.2, -0.15) is 0 Å². The van der Waals surface area contributed by atoms with E-state index in [4.69, 9.17) is 11.6 Å². The highest BCUT2D eigenvalue weighted by Gasteiger charge is 2.42. The molecule has 1 unspecified atom stereocenters. The minimum absolute atomic E-state index is 0.108. The van der Waals surface area contributed by atoms with Crippen molar-refractivity contribution in [2.45, 2.75) is 12.8 Å². The second-order valence-electron chi connectivity index (χ2n) is 5.65. The second-order valence-corrected chi connectivity index (χ2v) is 6.06. The zero-order valence-corrected chi connectivity index (χ0v) is 11.6. The van der Waals surface area contributed by atoms with Crippen LogP contribution >= 0.6 is 11.6 Å². The largest absolute Gasteiger partial charge is 0.338 e. The number of halogens is 3. The van der Waals surface area contributed by atoms with Gasteiger partial charge in [0.1, 0.15) is 11.6 Å². The number of hydrogen-bond acceptors (Lipinski definition) is 2. The van der Waals surface area contributed by atoms with E-state index in [0.717, 1.165) is 38.1 Å². The van der Waals surface area contributed by atoms with Gasteiger partial charge < -0.3 is 10.2 Å². The van der Waals surface area contributed by atoms with E-state index < -0.39 is 17.5 Å². The number of carbonyl (C=O) groups is 1. The van der Waals surface area contributed by atoms with Gasteiger partial charge in [0.15, 0.2) is 0 Å². The highest BCUT2D eigenvalue weighted by molar-refractivity contribution is 6.30. The molecule has 2 fully saturated rings. The second kappa shape index (κ2) is 4.97. The molecule has 20 heavy (non-hydrogen) atoms. The first-order valence-electron chi connectivity index (χ1n) is 6.65. The summed E-state index contributed by atoms with van der Waals surface area (Å²) in [5.41, 5.74) is -0.133. The number of amides is 1. The van der Waals surface area contributed by atoms with Gasteiger partial charge in [0.2, 0.25) is 0 Å². The average molecular weight is 301 g/mol. The third-order valence-electron chi connectivity index (χ3n) is 4.30. The van der Waals surface area contributed by atoms with E-state index in [0.29, 0.717) is 13.1 Å². The van der Waals surface area contributed by atoms with Crippen molar-refractivity contribution in [1.82, 2.24) is 10.2 Å². The Balaban J connectivity index is 1.82. The molecule has 1 aromatic rings. The number of carbonyl (C=O) groups excluding carboxylic acids is 1.